The maximum atomic E-state index is 4.33. The first-order valence-corrected chi connectivity index (χ1v) is 4.65. The van der Waals surface area contributed by atoms with E-state index in [9.17, 15) is 0 Å². The second kappa shape index (κ2) is 2.73. The van der Waals surface area contributed by atoms with Crippen molar-refractivity contribution < 1.29 is 0 Å². The SMILES string of the molecule is CN1CCCC2(C=NN(C)C2)C1. The molecule has 1 saturated heterocycles. The van der Waals surface area contributed by atoms with Crippen LogP contribution in [-0.4, -0.2) is 49.9 Å². The summed E-state index contributed by atoms with van der Waals surface area (Å²) < 4.78 is 0. The van der Waals surface area contributed by atoms with Crippen LogP contribution in [0.25, 0.3) is 0 Å². The lowest BCUT2D eigenvalue weighted by Crippen LogP contribution is -2.44. The van der Waals surface area contributed by atoms with Gasteiger partial charge in [0.2, 0.25) is 0 Å². The van der Waals surface area contributed by atoms with Gasteiger partial charge in [0.15, 0.2) is 0 Å². The molecule has 0 aliphatic carbocycles. The molecule has 0 aromatic carbocycles. The van der Waals surface area contributed by atoms with Crippen molar-refractivity contribution in [2.24, 2.45) is 10.5 Å². The lowest BCUT2D eigenvalue weighted by Gasteiger charge is -2.36. The molecule has 0 amide bonds. The fourth-order valence-corrected chi connectivity index (χ4v) is 2.39. The van der Waals surface area contributed by atoms with Crippen LogP contribution in [0.4, 0.5) is 0 Å². The second-order valence-electron chi connectivity index (χ2n) is 4.26. The van der Waals surface area contributed by atoms with Gasteiger partial charge in [-0.1, -0.05) is 0 Å². The van der Waals surface area contributed by atoms with Gasteiger partial charge >= 0.3 is 0 Å². The molecule has 0 N–H and O–H groups in total. The number of likely N-dealkylation sites (tertiary alicyclic amines) is 1. The highest BCUT2D eigenvalue weighted by Gasteiger charge is 2.36. The molecule has 12 heavy (non-hydrogen) atoms. The highest BCUT2D eigenvalue weighted by Crippen LogP contribution is 2.31. The topological polar surface area (TPSA) is 18.8 Å². The summed E-state index contributed by atoms with van der Waals surface area (Å²) in [4.78, 5) is 2.41. The van der Waals surface area contributed by atoms with Crippen molar-refractivity contribution in [3.05, 3.63) is 0 Å². The van der Waals surface area contributed by atoms with E-state index in [0.29, 0.717) is 5.41 Å². The largest absolute Gasteiger partial charge is 0.305 e. The minimum absolute atomic E-state index is 0.377. The van der Waals surface area contributed by atoms with Crippen molar-refractivity contribution >= 4 is 6.21 Å². The second-order valence-corrected chi connectivity index (χ2v) is 4.26. The van der Waals surface area contributed by atoms with Crippen molar-refractivity contribution in [1.82, 2.24) is 9.91 Å². The van der Waals surface area contributed by atoms with Gasteiger partial charge in [-0.05, 0) is 26.4 Å². The molecule has 3 nitrogen and oxygen atoms in total. The van der Waals surface area contributed by atoms with Crippen LogP contribution < -0.4 is 0 Å². The van der Waals surface area contributed by atoms with E-state index in [1.165, 1.54) is 25.9 Å². The first kappa shape index (κ1) is 8.05. The molecule has 0 saturated carbocycles. The molecule has 1 fully saturated rings. The van der Waals surface area contributed by atoms with Crippen LogP contribution in [0.5, 0.6) is 0 Å². The molecule has 2 aliphatic rings. The van der Waals surface area contributed by atoms with Crippen molar-refractivity contribution in [1.29, 1.82) is 0 Å². The number of hydrogen-bond acceptors (Lipinski definition) is 3. The molecular formula is C9H17N3. The van der Waals surface area contributed by atoms with E-state index < -0.39 is 0 Å². The predicted octanol–water partition coefficient (Wildman–Crippen LogP) is 0.630. The Labute approximate surface area is 74.0 Å². The molecule has 2 rings (SSSR count). The normalized spacial score (nSPS) is 36.7. The van der Waals surface area contributed by atoms with Crippen LogP contribution >= 0.6 is 0 Å². The first-order chi connectivity index (χ1) is 5.70. The lowest BCUT2D eigenvalue weighted by atomic mass is 9.82. The Morgan fingerprint density at radius 1 is 1.33 bits per heavy atom. The summed E-state index contributed by atoms with van der Waals surface area (Å²) in [7, 11) is 4.26. The highest BCUT2D eigenvalue weighted by molar-refractivity contribution is 5.68. The Kier molecular flexibility index (Phi) is 1.83. The monoisotopic (exact) mass is 167 g/mol. The van der Waals surface area contributed by atoms with Crippen LogP contribution in [0.3, 0.4) is 0 Å². The van der Waals surface area contributed by atoms with Crippen molar-refractivity contribution in [2.45, 2.75) is 12.8 Å². The standard InChI is InChI=1S/C9H17N3/c1-11-5-3-4-9(7-11)6-10-12(2)8-9/h6H,3-5,7-8H2,1-2H3. The van der Waals surface area contributed by atoms with Gasteiger partial charge in [0.25, 0.3) is 0 Å². The van der Waals surface area contributed by atoms with Gasteiger partial charge in [-0.3, -0.25) is 5.01 Å². The molecule has 1 unspecified atom stereocenters. The summed E-state index contributed by atoms with van der Waals surface area (Å²) in [6, 6.07) is 0. The Balaban J connectivity index is 2.06. The van der Waals surface area contributed by atoms with Crippen LogP contribution in [-0.2, 0) is 0 Å². The zero-order chi connectivity index (χ0) is 8.60. The van der Waals surface area contributed by atoms with Crippen LogP contribution in [0.1, 0.15) is 12.8 Å². The fourth-order valence-electron chi connectivity index (χ4n) is 2.39. The van der Waals surface area contributed by atoms with Crippen molar-refractivity contribution in [3.63, 3.8) is 0 Å². The smallest absolute Gasteiger partial charge is 0.0476 e. The third-order valence-corrected chi connectivity index (χ3v) is 2.87. The maximum absolute atomic E-state index is 4.33. The third-order valence-electron chi connectivity index (χ3n) is 2.87. The average Bonchev–Trinajstić information content (AvgIpc) is 2.32. The molecule has 2 aliphatic heterocycles. The molecule has 1 spiro atoms. The average molecular weight is 167 g/mol. The third kappa shape index (κ3) is 1.33. The summed E-state index contributed by atoms with van der Waals surface area (Å²) in [6.07, 6.45) is 4.78. The van der Waals surface area contributed by atoms with Crippen molar-refractivity contribution in [2.75, 3.05) is 33.7 Å². The zero-order valence-corrected chi connectivity index (χ0v) is 7.95. The van der Waals surface area contributed by atoms with Crippen LogP contribution in [0.2, 0.25) is 0 Å². The predicted molar refractivity (Wildman–Crippen MR) is 50.3 cm³/mol. The summed E-state index contributed by atoms with van der Waals surface area (Å²) in [6.45, 7) is 3.54. The summed E-state index contributed by atoms with van der Waals surface area (Å²) in [5.74, 6) is 0. The zero-order valence-electron chi connectivity index (χ0n) is 7.95. The minimum Gasteiger partial charge on any atom is -0.305 e. The molecule has 68 valence electrons. The van der Waals surface area contributed by atoms with Crippen molar-refractivity contribution in [3.8, 4) is 0 Å². The van der Waals surface area contributed by atoms with Crippen LogP contribution in [0.15, 0.2) is 5.10 Å². The van der Waals surface area contributed by atoms with Gasteiger partial charge in [-0.2, -0.15) is 5.10 Å². The molecular weight excluding hydrogens is 150 g/mol. The van der Waals surface area contributed by atoms with E-state index in [2.05, 4.69) is 35.3 Å². The van der Waals surface area contributed by atoms with E-state index in [-0.39, 0.29) is 0 Å². The number of piperidine rings is 1. The van der Waals surface area contributed by atoms with Gasteiger partial charge in [-0.25, -0.2) is 0 Å². The highest BCUT2D eigenvalue weighted by atomic mass is 15.5. The summed E-state index contributed by atoms with van der Waals surface area (Å²) in [5, 5.41) is 6.38. The number of nitrogens with zero attached hydrogens (tertiary/aromatic N) is 3. The quantitative estimate of drug-likeness (QED) is 0.527. The van der Waals surface area contributed by atoms with Gasteiger partial charge in [-0.15, -0.1) is 0 Å². The van der Waals surface area contributed by atoms with Gasteiger partial charge in [0, 0.05) is 31.8 Å². The molecule has 0 aromatic heterocycles. The van der Waals surface area contributed by atoms with E-state index in [0.717, 1.165) is 6.54 Å². The van der Waals surface area contributed by atoms with E-state index in [1.807, 2.05) is 0 Å². The van der Waals surface area contributed by atoms with E-state index in [4.69, 9.17) is 0 Å². The fraction of sp³-hybridized carbons (Fsp3) is 0.889. The molecule has 2 heterocycles. The molecule has 0 bridgehead atoms. The Morgan fingerprint density at radius 2 is 2.17 bits per heavy atom. The Bertz CT molecular complexity index is 202. The van der Waals surface area contributed by atoms with E-state index >= 15 is 0 Å². The van der Waals surface area contributed by atoms with E-state index in [1.54, 1.807) is 0 Å². The van der Waals surface area contributed by atoms with Crippen LogP contribution in [0, 0.1) is 5.41 Å². The molecule has 3 heteroatoms. The first-order valence-electron chi connectivity index (χ1n) is 4.65. The molecule has 0 radical (unpaired) electrons. The Morgan fingerprint density at radius 3 is 2.75 bits per heavy atom. The molecule has 0 aromatic rings. The van der Waals surface area contributed by atoms with Gasteiger partial charge in [0.1, 0.15) is 0 Å². The van der Waals surface area contributed by atoms with Gasteiger partial charge in [0.05, 0.1) is 0 Å². The number of hydrogen-bond donors (Lipinski definition) is 0. The summed E-state index contributed by atoms with van der Waals surface area (Å²) in [5.41, 5.74) is 0.377. The van der Waals surface area contributed by atoms with Gasteiger partial charge < -0.3 is 4.90 Å². The lowest BCUT2D eigenvalue weighted by molar-refractivity contribution is 0.150. The summed E-state index contributed by atoms with van der Waals surface area (Å²) >= 11 is 0. The Hall–Kier alpha value is -0.570. The number of rotatable bonds is 0. The minimum atomic E-state index is 0.377. The molecule has 1 atom stereocenters. The number of hydrazone groups is 1. The maximum Gasteiger partial charge on any atom is 0.0476 e.